The minimum absolute atomic E-state index is 0.138. The molecule has 0 fully saturated rings. The van der Waals surface area contributed by atoms with Crippen LogP contribution in [-0.4, -0.2) is 11.2 Å². The maximum absolute atomic E-state index is 12.5. The SMILES string of the molecule is CCC(CC)C(O)Cc1cccc(C(F)(F)F)c1. The summed E-state index contributed by atoms with van der Waals surface area (Å²) in [7, 11) is 0. The number of aliphatic hydroxyl groups excluding tert-OH is 1. The Morgan fingerprint density at radius 2 is 1.78 bits per heavy atom. The minimum atomic E-state index is -4.32. The first-order valence-corrected chi connectivity index (χ1v) is 6.22. The van der Waals surface area contributed by atoms with Crippen LogP contribution in [0.2, 0.25) is 0 Å². The Bertz CT molecular complexity index is 370. The number of hydrogen-bond acceptors (Lipinski definition) is 1. The Morgan fingerprint density at radius 3 is 2.28 bits per heavy atom. The van der Waals surface area contributed by atoms with Crippen LogP contribution in [0, 0.1) is 5.92 Å². The normalized spacial score (nSPS) is 13.9. The third-order valence-electron chi connectivity index (χ3n) is 3.29. The number of halogens is 3. The van der Waals surface area contributed by atoms with Gasteiger partial charge in [-0.2, -0.15) is 13.2 Å². The van der Waals surface area contributed by atoms with Gasteiger partial charge in [0.2, 0.25) is 0 Å². The smallest absolute Gasteiger partial charge is 0.392 e. The van der Waals surface area contributed by atoms with E-state index in [0.717, 1.165) is 25.0 Å². The zero-order valence-corrected chi connectivity index (χ0v) is 10.7. The molecule has 0 heterocycles. The fourth-order valence-electron chi connectivity index (χ4n) is 2.12. The van der Waals surface area contributed by atoms with Crippen molar-refractivity contribution in [2.24, 2.45) is 5.92 Å². The van der Waals surface area contributed by atoms with Crippen molar-refractivity contribution in [1.82, 2.24) is 0 Å². The molecule has 1 rings (SSSR count). The standard InChI is InChI=1S/C14H19F3O/c1-3-11(4-2)13(18)9-10-6-5-7-12(8-10)14(15,16)17/h5-8,11,13,18H,3-4,9H2,1-2H3. The van der Waals surface area contributed by atoms with Crippen molar-refractivity contribution in [2.75, 3.05) is 0 Å². The van der Waals surface area contributed by atoms with Crippen molar-refractivity contribution in [3.63, 3.8) is 0 Å². The molecule has 0 radical (unpaired) electrons. The van der Waals surface area contributed by atoms with Gasteiger partial charge in [-0.05, 0) is 24.0 Å². The van der Waals surface area contributed by atoms with Gasteiger partial charge in [0.05, 0.1) is 11.7 Å². The number of hydrogen-bond donors (Lipinski definition) is 1. The summed E-state index contributed by atoms with van der Waals surface area (Å²) in [5.74, 6) is 0.138. The molecule has 4 heteroatoms. The van der Waals surface area contributed by atoms with Gasteiger partial charge < -0.3 is 5.11 Å². The van der Waals surface area contributed by atoms with Crippen LogP contribution in [0.1, 0.15) is 37.8 Å². The average molecular weight is 260 g/mol. The van der Waals surface area contributed by atoms with E-state index in [2.05, 4.69) is 0 Å². The molecule has 1 nitrogen and oxygen atoms in total. The van der Waals surface area contributed by atoms with Crippen LogP contribution in [0.15, 0.2) is 24.3 Å². The van der Waals surface area contributed by atoms with E-state index in [-0.39, 0.29) is 12.3 Å². The molecule has 1 N–H and O–H groups in total. The van der Waals surface area contributed by atoms with Crippen LogP contribution in [0.4, 0.5) is 13.2 Å². The van der Waals surface area contributed by atoms with Gasteiger partial charge in [-0.25, -0.2) is 0 Å². The van der Waals surface area contributed by atoms with Gasteiger partial charge in [-0.15, -0.1) is 0 Å². The highest BCUT2D eigenvalue weighted by molar-refractivity contribution is 5.26. The summed E-state index contributed by atoms with van der Waals surface area (Å²) in [6.07, 6.45) is -2.97. The molecule has 1 aromatic rings. The molecule has 0 aliphatic rings. The molecule has 0 bridgehead atoms. The highest BCUT2D eigenvalue weighted by Crippen LogP contribution is 2.30. The summed E-state index contributed by atoms with van der Waals surface area (Å²) in [4.78, 5) is 0. The van der Waals surface area contributed by atoms with E-state index < -0.39 is 17.8 Å². The largest absolute Gasteiger partial charge is 0.416 e. The van der Waals surface area contributed by atoms with Crippen molar-refractivity contribution < 1.29 is 18.3 Å². The summed E-state index contributed by atoms with van der Waals surface area (Å²) in [6, 6.07) is 5.18. The van der Waals surface area contributed by atoms with Crippen molar-refractivity contribution >= 4 is 0 Å². The van der Waals surface area contributed by atoms with E-state index in [4.69, 9.17) is 0 Å². The van der Waals surface area contributed by atoms with Gasteiger partial charge in [0.15, 0.2) is 0 Å². The first kappa shape index (κ1) is 15.0. The molecular formula is C14H19F3O. The monoisotopic (exact) mass is 260 g/mol. The van der Waals surface area contributed by atoms with Crippen molar-refractivity contribution in [3.8, 4) is 0 Å². The van der Waals surface area contributed by atoms with Gasteiger partial charge in [0, 0.05) is 0 Å². The highest BCUT2D eigenvalue weighted by Gasteiger charge is 2.30. The van der Waals surface area contributed by atoms with E-state index in [1.165, 1.54) is 6.07 Å². The lowest BCUT2D eigenvalue weighted by atomic mass is 9.91. The van der Waals surface area contributed by atoms with Crippen LogP contribution >= 0.6 is 0 Å². The third-order valence-corrected chi connectivity index (χ3v) is 3.29. The van der Waals surface area contributed by atoms with Crippen LogP contribution in [-0.2, 0) is 12.6 Å². The van der Waals surface area contributed by atoms with Gasteiger partial charge in [-0.3, -0.25) is 0 Å². The van der Waals surface area contributed by atoms with E-state index in [1.54, 1.807) is 6.07 Å². The number of benzene rings is 1. The first-order chi connectivity index (χ1) is 8.38. The predicted molar refractivity (Wildman–Crippen MR) is 65.2 cm³/mol. The Kier molecular flexibility index (Phi) is 5.20. The molecule has 1 aromatic carbocycles. The van der Waals surface area contributed by atoms with Crippen molar-refractivity contribution in [2.45, 2.75) is 45.4 Å². The maximum atomic E-state index is 12.5. The van der Waals surface area contributed by atoms with Gasteiger partial charge in [0.25, 0.3) is 0 Å². The topological polar surface area (TPSA) is 20.2 Å². The molecule has 0 aliphatic carbocycles. The zero-order chi connectivity index (χ0) is 13.8. The molecule has 0 amide bonds. The van der Waals surface area contributed by atoms with Gasteiger partial charge in [0.1, 0.15) is 0 Å². The summed E-state index contributed by atoms with van der Waals surface area (Å²) < 4.78 is 37.6. The molecule has 102 valence electrons. The second-order valence-corrected chi connectivity index (χ2v) is 4.55. The van der Waals surface area contributed by atoms with Crippen LogP contribution < -0.4 is 0 Å². The molecule has 0 saturated carbocycles. The second-order valence-electron chi connectivity index (χ2n) is 4.55. The molecule has 1 unspecified atom stereocenters. The highest BCUT2D eigenvalue weighted by atomic mass is 19.4. The Labute approximate surface area is 106 Å². The molecule has 0 saturated heterocycles. The molecule has 1 atom stereocenters. The van der Waals surface area contributed by atoms with Crippen LogP contribution in [0.25, 0.3) is 0 Å². The quantitative estimate of drug-likeness (QED) is 0.847. The lowest BCUT2D eigenvalue weighted by molar-refractivity contribution is -0.137. The molecule has 0 aromatic heterocycles. The number of rotatable bonds is 5. The van der Waals surface area contributed by atoms with Crippen molar-refractivity contribution in [3.05, 3.63) is 35.4 Å². The maximum Gasteiger partial charge on any atom is 0.416 e. The van der Waals surface area contributed by atoms with Crippen molar-refractivity contribution in [1.29, 1.82) is 0 Å². The molecule has 0 spiro atoms. The molecule has 18 heavy (non-hydrogen) atoms. The Morgan fingerprint density at radius 1 is 1.17 bits per heavy atom. The Balaban J connectivity index is 2.79. The number of aliphatic hydroxyl groups is 1. The fraction of sp³-hybridized carbons (Fsp3) is 0.571. The number of alkyl halides is 3. The summed E-state index contributed by atoms with van der Waals surface area (Å²) >= 11 is 0. The average Bonchev–Trinajstić information content (AvgIpc) is 2.29. The summed E-state index contributed by atoms with van der Waals surface area (Å²) in [6.45, 7) is 3.95. The van der Waals surface area contributed by atoms with Crippen LogP contribution in [0.5, 0.6) is 0 Å². The van der Waals surface area contributed by atoms with E-state index in [1.807, 2.05) is 13.8 Å². The lowest BCUT2D eigenvalue weighted by Crippen LogP contribution is -2.22. The fourth-order valence-corrected chi connectivity index (χ4v) is 2.12. The molecule has 0 aliphatic heterocycles. The second kappa shape index (κ2) is 6.23. The van der Waals surface area contributed by atoms with Gasteiger partial charge in [-0.1, -0.05) is 44.9 Å². The Hall–Kier alpha value is -1.03. The zero-order valence-electron chi connectivity index (χ0n) is 10.7. The molecular weight excluding hydrogens is 241 g/mol. The third kappa shape index (κ3) is 4.02. The first-order valence-electron chi connectivity index (χ1n) is 6.22. The minimum Gasteiger partial charge on any atom is -0.392 e. The van der Waals surface area contributed by atoms with E-state index >= 15 is 0 Å². The predicted octanol–water partition coefficient (Wildman–Crippen LogP) is 4.05. The van der Waals surface area contributed by atoms with E-state index in [9.17, 15) is 18.3 Å². The van der Waals surface area contributed by atoms with Gasteiger partial charge >= 0.3 is 6.18 Å². The van der Waals surface area contributed by atoms with E-state index in [0.29, 0.717) is 5.56 Å². The van der Waals surface area contributed by atoms with Crippen LogP contribution in [0.3, 0.4) is 0 Å². The summed E-state index contributed by atoms with van der Waals surface area (Å²) in [5, 5.41) is 9.97. The summed E-state index contributed by atoms with van der Waals surface area (Å²) in [5.41, 5.74) is -0.124. The lowest BCUT2D eigenvalue weighted by Gasteiger charge is -2.20.